The molecule has 2 aromatic rings. The SMILES string of the molecule is O=[N+]([O-])c1ccc(CCOc2ccccc2CCO)cc1. The molecular formula is C16H17NO4. The molecule has 0 radical (unpaired) electrons. The van der Waals surface area contributed by atoms with Gasteiger partial charge >= 0.3 is 0 Å². The Bertz CT molecular complexity index is 595. The molecule has 110 valence electrons. The first-order chi connectivity index (χ1) is 10.2. The van der Waals surface area contributed by atoms with E-state index in [2.05, 4.69) is 0 Å². The summed E-state index contributed by atoms with van der Waals surface area (Å²) in [5.74, 6) is 0.772. The fourth-order valence-corrected chi connectivity index (χ4v) is 2.03. The van der Waals surface area contributed by atoms with Crippen molar-refractivity contribution in [3.8, 4) is 5.75 Å². The van der Waals surface area contributed by atoms with E-state index >= 15 is 0 Å². The van der Waals surface area contributed by atoms with E-state index in [-0.39, 0.29) is 12.3 Å². The Morgan fingerprint density at radius 2 is 1.76 bits per heavy atom. The zero-order valence-corrected chi connectivity index (χ0v) is 11.6. The van der Waals surface area contributed by atoms with E-state index in [1.165, 1.54) is 12.1 Å². The maximum atomic E-state index is 10.6. The van der Waals surface area contributed by atoms with Crippen LogP contribution in [-0.2, 0) is 12.8 Å². The molecule has 0 atom stereocenters. The number of aliphatic hydroxyl groups excluding tert-OH is 1. The van der Waals surface area contributed by atoms with Gasteiger partial charge in [-0.05, 0) is 23.6 Å². The van der Waals surface area contributed by atoms with Crippen molar-refractivity contribution in [2.24, 2.45) is 0 Å². The molecule has 0 unspecified atom stereocenters. The van der Waals surface area contributed by atoms with E-state index in [0.29, 0.717) is 19.4 Å². The van der Waals surface area contributed by atoms with Gasteiger partial charge in [-0.15, -0.1) is 0 Å². The highest BCUT2D eigenvalue weighted by molar-refractivity contribution is 5.34. The summed E-state index contributed by atoms with van der Waals surface area (Å²) in [5.41, 5.74) is 2.05. The molecule has 21 heavy (non-hydrogen) atoms. The van der Waals surface area contributed by atoms with Crippen LogP contribution in [0.1, 0.15) is 11.1 Å². The van der Waals surface area contributed by atoms with E-state index in [9.17, 15) is 10.1 Å². The predicted octanol–water partition coefficient (Wildman–Crippen LogP) is 2.75. The van der Waals surface area contributed by atoms with Gasteiger partial charge in [0.1, 0.15) is 5.75 Å². The number of para-hydroxylation sites is 1. The van der Waals surface area contributed by atoms with Crippen LogP contribution in [0.3, 0.4) is 0 Å². The molecule has 0 amide bonds. The average Bonchev–Trinajstić information content (AvgIpc) is 2.50. The lowest BCUT2D eigenvalue weighted by Gasteiger charge is -2.10. The molecule has 0 saturated carbocycles. The zero-order valence-electron chi connectivity index (χ0n) is 11.6. The lowest BCUT2D eigenvalue weighted by Crippen LogP contribution is -2.04. The number of nitro groups is 1. The third kappa shape index (κ3) is 4.29. The minimum absolute atomic E-state index is 0.0860. The third-order valence-corrected chi connectivity index (χ3v) is 3.15. The summed E-state index contributed by atoms with van der Waals surface area (Å²) < 4.78 is 5.73. The molecular weight excluding hydrogens is 270 g/mol. The molecule has 5 heteroatoms. The fraction of sp³-hybridized carbons (Fsp3) is 0.250. The summed E-state index contributed by atoms with van der Waals surface area (Å²) in [4.78, 5) is 10.2. The van der Waals surface area contributed by atoms with Crippen LogP contribution in [0.4, 0.5) is 5.69 Å². The lowest BCUT2D eigenvalue weighted by molar-refractivity contribution is -0.384. The summed E-state index contributed by atoms with van der Waals surface area (Å²) in [7, 11) is 0. The van der Waals surface area contributed by atoms with E-state index in [1.807, 2.05) is 24.3 Å². The first-order valence-corrected chi connectivity index (χ1v) is 6.75. The molecule has 0 aliphatic rings. The van der Waals surface area contributed by atoms with Crippen molar-refractivity contribution < 1.29 is 14.8 Å². The van der Waals surface area contributed by atoms with Crippen LogP contribution in [0.5, 0.6) is 5.75 Å². The van der Waals surface area contributed by atoms with Crippen molar-refractivity contribution in [3.05, 3.63) is 69.8 Å². The number of nitro benzene ring substituents is 1. The van der Waals surface area contributed by atoms with Crippen molar-refractivity contribution in [1.82, 2.24) is 0 Å². The van der Waals surface area contributed by atoms with Gasteiger partial charge in [-0.3, -0.25) is 10.1 Å². The molecule has 0 spiro atoms. The van der Waals surface area contributed by atoms with Gasteiger partial charge in [-0.25, -0.2) is 0 Å². The molecule has 0 bridgehead atoms. The van der Waals surface area contributed by atoms with E-state index in [1.54, 1.807) is 12.1 Å². The van der Waals surface area contributed by atoms with E-state index in [0.717, 1.165) is 16.9 Å². The Labute approximate surface area is 123 Å². The summed E-state index contributed by atoms with van der Waals surface area (Å²) in [6.45, 7) is 0.572. The smallest absolute Gasteiger partial charge is 0.269 e. The van der Waals surface area contributed by atoms with Crippen LogP contribution in [0.25, 0.3) is 0 Å². The van der Waals surface area contributed by atoms with Gasteiger partial charge in [0.2, 0.25) is 0 Å². The third-order valence-electron chi connectivity index (χ3n) is 3.15. The van der Waals surface area contributed by atoms with Crippen LogP contribution >= 0.6 is 0 Å². The molecule has 2 aromatic carbocycles. The minimum Gasteiger partial charge on any atom is -0.493 e. The van der Waals surface area contributed by atoms with Gasteiger partial charge in [0, 0.05) is 25.2 Å². The van der Waals surface area contributed by atoms with Crippen molar-refractivity contribution in [2.45, 2.75) is 12.8 Å². The number of benzene rings is 2. The number of ether oxygens (including phenoxy) is 1. The molecule has 0 aliphatic carbocycles. The summed E-state index contributed by atoms with van der Waals surface area (Å²) in [5, 5.41) is 19.6. The molecule has 0 fully saturated rings. The minimum atomic E-state index is -0.411. The zero-order chi connectivity index (χ0) is 15.1. The second-order valence-electron chi connectivity index (χ2n) is 4.60. The van der Waals surface area contributed by atoms with Gasteiger partial charge in [0.05, 0.1) is 11.5 Å². The molecule has 0 heterocycles. The standard InChI is InChI=1S/C16H17NO4/c18-11-9-14-3-1-2-4-16(14)21-12-10-13-5-7-15(8-6-13)17(19)20/h1-8,18H,9-12H2. The number of hydrogen-bond donors (Lipinski definition) is 1. The maximum absolute atomic E-state index is 10.6. The van der Waals surface area contributed by atoms with Gasteiger partial charge in [0.25, 0.3) is 5.69 Å². The summed E-state index contributed by atoms with van der Waals surface area (Å²) >= 11 is 0. The first kappa shape index (κ1) is 15.0. The topological polar surface area (TPSA) is 72.6 Å². The number of nitrogens with zero attached hydrogens (tertiary/aromatic N) is 1. The number of aliphatic hydroxyl groups is 1. The maximum Gasteiger partial charge on any atom is 0.269 e. The highest BCUT2D eigenvalue weighted by Gasteiger charge is 2.05. The average molecular weight is 287 g/mol. The summed E-state index contributed by atoms with van der Waals surface area (Å²) in [6.07, 6.45) is 1.24. The normalized spacial score (nSPS) is 10.3. The Kier molecular flexibility index (Phi) is 5.29. The highest BCUT2D eigenvalue weighted by atomic mass is 16.6. The molecule has 0 aliphatic heterocycles. The fourth-order valence-electron chi connectivity index (χ4n) is 2.03. The van der Waals surface area contributed by atoms with Crippen molar-refractivity contribution in [1.29, 1.82) is 0 Å². The monoisotopic (exact) mass is 287 g/mol. The molecule has 0 saturated heterocycles. The molecule has 1 N–H and O–H groups in total. The Hall–Kier alpha value is -2.40. The highest BCUT2D eigenvalue weighted by Crippen LogP contribution is 2.19. The van der Waals surface area contributed by atoms with Gasteiger partial charge in [0.15, 0.2) is 0 Å². The first-order valence-electron chi connectivity index (χ1n) is 6.75. The van der Waals surface area contributed by atoms with Crippen molar-refractivity contribution in [2.75, 3.05) is 13.2 Å². The second kappa shape index (κ2) is 7.40. The lowest BCUT2D eigenvalue weighted by atomic mass is 10.1. The van der Waals surface area contributed by atoms with Gasteiger partial charge < -0.3 is 9.84 Å². The number of hydrogen-bond acceptors (Lipinski definition) is 4. The Morgan fingerprint density at radius 1 is 1.05 bits per heavy atom. The van der Waals surface area contributed by atoms with Crippen LogP contribution in [0.15, 0.2) is 48.5 Å². The molecule has 0 aromatic heterocycles. The van der Waals surface area contributed by atoms with Crippen LogP contribution in [0.2, 0.25) is 0 Å². The van der Waals surface area contributed by atoms with Gasteiger partial charge in [-0.2, -0.15) is 0 Å². The van der Waals surface area contributed by atoms with Crippen LogP contribution < -0.4 is 4.74 Å². The van der Waals surface area contributed by atoms with Crippen molar-refractivity contribution in [3.63, 3.8) is 0 Å². The predicted molar refractivity (Wildman–Crippen MR) is 79.5 cm³/mol. The molecule has 5 nitrogen and oxygen atoms in total. The number of non-ortho nitro benzene ring substituents is 1. The largest absolute Gasteiger partial charge is 0.493 e. The Morgan fingerprint density at radius 3 is 2.43 bits per heavy atom. The van der Waals surface area contributed by atoms with Crippen LogP contribution in [-0.4, -0.2) is 23.2 Å². The van der Waals surface area contributed by atoms with E-state index < -0.39 is 4.92 Å². The second-order valence-corrected chi connectivity index (χ2v) is 4.60. The quantitative estimate of drug-likeness (QED) is 0.627. The van der Waals surface area contributed by atoms with E-state index in [4.69, 9.17) is 9.84 Å². The van der Waals surface area contributed by atoms with Crippen molar-refractivity contribution >= 4 is 5.69 Å². The Balaban J connectivity index is 1.91. The van der Waals surface area contributed by atoms with Crippen LogP contribution in [0, 0.1) is 10.1 Å². The number of rotatable bonds is 7. The van der Waals surface area contributed by atoms with Gasteiger partial charge in [-0.1, -0.05) is 30.3 Å². The molecule has 2 rings (SSSR count). The summed E-state index contributed by atoms with van der Waals surface area (Å²) in [6, 6.07) is 14.1.